The average Bonchev–Trinajstić information content (AvgIpc) is 2.70. The second-order valence-corrected chi connectivity index (χ2v) is 4.97. The highest BCUT2D eigenvalue weighted by Crippen LogP contribution is 2.25. The number of benzene rings is 1. The van der Waals surface area contributed by atoms with E-state index in [1.807, 2.05) is 0 Å². The molecule has 18 heavy (non-hydrogen) atoms. The quantitative estimate of drug-likeness (QED) is 0.866. The summed E-state index contributed by atoms with van der Waals surface area (Å²) in [5, 5.41) is 9.29. The van der Waals surface area contributed by atoms with Gasteiger partial charge in [0, 0.05) is 11.8 Å². The second kappa shape index (κ2) is 5.53. The Kier molecular flexibility index (Phi) is 4.03. The lowest BCUT2D eigenvalue weighted by molar-refractivity contribution is 0.102. The van der Waals surface area contributed by atoms with Crippen molar-refractivity contribution < 1.29 is 9.53 Å². The van der Waals surface area contributed by atoms with Crippen LogP contribution in [-0.4, -0.2) is 23.2 Å². The Morgan fingerprint density at radius 1 is 1.44 bits per heavy atom. The lowest BCUT2D eigenvalue weighted by Crippen LogP contribution is -2.13. The Balaban J connectivity index is 2.18. The predicted molar refractivity (Wildman–Crippen MR) is 74.9 cm³/mol. The van der Waals surface area contributed by atoms with Crippen molar-refractivity contribution in [2.75, 3.05) is 12.4 Å². The van der Waals surface area contributed by atoms with Gasteiger partial charge in [-0.05, 0) is 44.0 Å². The highest BCUT2D eigenvalue weighted by Gasteiger charge is 2.16. The van der Waals surface area contributed by atoms with Crippen molar-refractivity contribution in [1.82, 2.24) is 10.2 Å². The molecule has 0 aliphatic rings. The van der Waals surface area contributed by atoms with E-state index in [9.17, 15) is 4.79 Å². The Hall–Kier alpha value is -1.34. The standard InChI is InChI=1S/C11H9Br2N3O2/c1-18-7-4-2-3-6(5-7)14-11(17)9-8(12)10(13)16-15-9/h2-5H,1H3,(H,14,17)(H,15,16). The van der Waals surface area contributed by atoms with Crippen molar-refractivity contribution in [1.29, 1.82) is 0 Å². The van der Waals surface area contributed by atoms with E-state index in [1.165, 1.54) is 0 Å². The third kappa shape index (κ3) is 2.73. The zero-order valence-electron chi connectivity index (χ0n) is 9.33. The van der Waals surface area contributed by atoms with Gasteiger partial charge in [0.15, 0.2) is 5.69 Å². The molecule has 0 aliphatic heterocycles. The highest BCUT2D eigenvalue weighted by atomic mass is 79.9. The summed E-state index contributed by atoms with van der Waals surface area (Å²) in [6.45, 7) is 0. The molecule has 5 nitrogen and oxygen atoms in total. The van der Waals surface area contributed by atoms with Gasteiger partial charge in [-0.2, -0.15) is 5.10 Å². The van der Waals surface area contributed by atoms with E-state index in [4.69, 9.17) is 4.74 Å². The number of aromatic amines is 1. The zero-order chi connectivity index (χ0) is 13.1. The van der Waals surface area contributed by atoms with Crippen LogP contribution in [0, 0.1) is 0 Å². The van der Waals surface area contributed by atoms with Crippen LogP contribution < -0.4 is 10.1 Å². The van der Waals surface area contributed by atoms with E-state index < -0.39 is 0 Å². The maximum absolute atomic E-state index is 12.0. The molecule has 0 fully saturated rings. The summed E-state index contributed by atoms with van der Waals surface area (Å²) in [6, 6.07) is 7.10. The molecule has 1 heterocycles. The number of carbonyl (C=O) groups is 1. The van der Waals surface area contributed by atoms with Gasteiger partial charge in [-0.1, -0.05) is 6.07 Å². The normalized spacial score (nSPS) is 10.2. The predicted octanol–water partition coefficient (Wildman–Crippen LogP) is 3.20. The van der Waals surface area contributed by atoms with Crippen LogP contribution in [0.25, 0.3) is 0 Å². The summed E-state index contributed by atoms with van der Waals surface area (Å²) in [4.78, 5) is 12.0. The molecule has 2 aromatic rings. The van der Waals surface area contributed by atoms with E-state index >= 15 is 0 Å². The van der Waals surface area contributed by atoms with Gasteiger partial charge in [0.05, 0.1) is 11.6 Å². The summed E-state index contributed by atoms with van der Waals surface area (Å²) >= 11 is 6.49. The largest absolute Gasteiger partial charge is 0.497 e. The third-order valence-corrected chi connectivity index (χ3v) is 4.09. The van der Waals surface area contributed by atoms with Crippen LogP contribution in [0.2, 0.25) is 0 Å². The van der Waals surface area contributed by atoms with Crippen molar-refractivity contribution >= 4 is 43.5 Å². The summed E-state index contributed by atoms with van der Waals surface area (Å²) in [6.07, 6.45) is 0. The van der Waals surface area contributed by atoms with E-state index in [0.717, 1.165) is 0 Å². The van der Waals surface area contributed by atoms with Gasteiger partial charge in [0.25, 0.3) is 5.91 Å². The SMILES string of the molecule is COc1cccc(NC(=O)c2n[nH]c(Br)c2Br)c1. The number of anilines is 1. The van der Waals surface area contributed by atoms with Crippen LogP contribution in [-0.2, 0) is 0 Å². The number of rotatable bonds is 3. The van der Waals surface area contributed by atoms with Crippen LogP contribution in [0.3, 0.4) is 0 Å². The van der Waals surface area contributed by atoms with Crippen LogP contribution in [0.1, 0.15) is 10.5 Å². The maximum Gasteiger partial charge on any atom is 0.277 e. The number of ether oxygens (including phenoxy) is 1. The lowest BCUT2D eigenvalue weighted by atomic mass is 10.3. The molecular formula is C11H9Br2N3O2. The zero-order valence-corrected chi connectivity index (χ0v) is 12.5. The van der Waals surface area contributed by atoms with Crippen molar-refractivity contribution in [2.24, 2.45) is 0 Å². The fraction of sp³-hybridized carbons (Fsp3) is 0.0909. The molecule has 0 saturated heterocycles. The van der Waals surface area contributed by atoms with Gasteiger partial charge in [0.2, 0.25) is 0 Å². The van der Waals surface area contributed by atoms with Crippen LogP contribution in [0.4, 0.5) is 5.69 Å². The number of H-pyrrole nitrogens is 1. The van der Waals surface area contributed by atoms with E-state index in [2.05, 4.69) is 47.4 Å². The Bertz CT molecular complexity index is 583. The molecule has 2 N–H and O–H groups in total. The molecule has 0 unspecified atom stereocenters. The molecule has 7 heteroatoms. The Morgan fingerprint density at radius 3 is 2.83 bits per heavy atom. The first kappa shape index (κ1) is 13.1. The van der Waals surface area contributed by atoms with Crippen molar-refractivity contribution in [3.05, 3.63) is 39.0 Å². The molecule has 0 aliphatic carbocycles. The summed E-state index contributed by atoms with van der Waals surface area (Å²) in [5.41, 5.74) is 0.926. The number of halogens is 2. The minimum Gasteiger partial charge on any atom is -0.497 e. The topological polar surface area (TPSA) is 67.0 Å². The number of nitrogens with one attached hydrogen (secondary N) is 2. The van der Waals surface area contributed by atoms with Gasteiger partial charge in [-0.25, -0.2) is 0 Å². The fourth-order valence-electron chi connectivity index (χ4n) is 1.35. The molecule has 0 bridgehead atoms. The lowest BCUT2D eigenvalue weighted by Gasteiger charge is -2.05. The fourth-order valence-corrected chi connectivity index (χ4v) is 1.98. The molecule has 94 valence electrons. The van der Waals surface area contributed by atoms with Crippen LogP contribution in [0.5, 0.6) is 5.75 Å². The number of aromatic nitrogens is 2. The minimum atomic E-state index is -0.308. The molecule has 1 aromatic carbocycles. The van der Waals surface area contributed by atoms with Gasteiger partial charge in [-0.3, -0.25) is 9.89 Å². The number of hydrogen-bond donors (Lipinski definition) is 2. The first-order valence-electron chi connectivity index (χ1n) is 4.96. The Labute approximate surface area is 120 Å². The number of carbonyl (C=O) groups excluding carboxylic acids is 1. The number of hydrogen-bond acceptors (Lipinski definition) is 3. The molecular weight excluding hydrogens is 366 g/mol. The van der Waals surface area contributed by atoms with Gasteiger partial charge >= 0.3 is 0 Å². The number of nitrogens with zero attached hydrogens (tertiary/aromatic N) is 1. The second-order valence-electron chi connectivity index (χ2n) is 3.39. The summed E-state index contributed by atoms with van der Waals surface area (Å²) in [7, 11) is 1.57. The van der Waals surface area contributed by atoms with Gasteiger partial charge in [-0.15, -0.1) is 0 Å². The van der Waals surface area contributed by atoms with Crippen LogP contribution >= 0.6 is 31.9 Å². The monoisotopic (exact) mass is 373 g/mol. The van der Waals surface area contributed by atoms with E-state index in [0.29, 0.717) is 20.5 Å². The molecule has 0 radical (unpaired) electrons. The first-order valence-corrected chi connectivity index (χ1v) is 6.55. The van der Waals surface area contributed by atoms with Crippen LogP contribution in [0.15, 0.2) is 33.3 Å². The van der Waals surface area contributed by atoms with Crippen molar-refractivity contribution in [3.8, 4) is 5.75 Å². The molecule has 0 saturated carbocycles. The van der Waals surface area contributed by atoms with Crippen molar-refractivity contribution in [2.45, 2.75) is 0 Å². The Morgan fingerprint density at radius 2 is 2.22 bits per heavy atom. The smallest absolute Gasteiger partial charge is 0.277 e. The molecule has 2 rings (SSSR count). The summed E-state index contributed by atoms with van der Waals surface area (Å²) < 4.78 is 6.29. The van der Waals surface area contributed by atoms with Crippen molar-refractivity contribution in [3.63, 3.8) is 0 Å². The number of amides is 1. The van der Waals surface area contributed by atoms with Gasteiger partial charge < -0.3 is 10.1 Å². The number of methoxy groups -OCH3 is 1. The minimum absolute atomic E-state index is 0.282. The summed E-state index contributed by atoms with van der Waals surface area (Å²) in [5.74, 6) is 0.368. The molecule has 0 spiro atoms. The maximum atomic E-state index is 12.0. The van der Waals surface area contributed by atoms with E-state index in [-0.39, 0.29) is 11.6 Å². The van der Waals surface area contributed by atoms with E-state index in [1.54, 1.807) is 31.4 Å². The molecule has 0 atom stereocenters. The molecule has 1 amide bonds. The highest BCUT2D eigenvalue weighted by molar-refractivity contribution is 9.13. The third-order valence-electron chi connectivity index (χ3n) is 2.21. The van der Waals surface area contributed by atoms with Gasteiger partial charge in [0.1, 0.15) is 10.4 Å². The first-order chi connectivity index (χ1) is 8.61. The average molecular weight is 375 g/mol. The molecule has 1 aromatic heterocycles.